The second kappa shape index (κ2) is 4.89. The Bertz CT molecular complexity index is 745. The second-order valence-corrected chi connectivity index (χ2v) is 5.12. The standard InChI is InChI=1S/C16H18N4/c1-11-5-3-4-6-12(11)10-20(2)16-18-14-8-7-13(17)9-15(14)19-16/h3-9H,10,17H2,1-2H3,(H,18,19). The molecule has 4 nitrogen and oxygen atoms in total. The van der Waals surface area contributed by atoms with Crippen molar-refractivity contribution in [1.82, 2.24) is 9.97 Å². The molecule has 3 rings (SSSR count). The molecule has 20 heavy (non-hydrogen) atoms. The van der Waals surface area contributed by atoms with Crippen molar-refractivity contribution in [2.75, 3.05) is 17.7 Å². The number of nitrogens with two attached hydrogens (primary N) is 1. The van der Waals surface area contributed by atoms with Crippen LogP contribution in [0.4, 0.5) is 11.6 Å². The number of anilines is 2. The van der Waals surface area contributed by atoms with E-state index in [4.69, 9.17) is 5.73 Å². The SMILES string of the molecule is Cc1ccccc1CN(C)c1nc2ccc(N)cc2[nH]1. The Labute approximate surface area is 118 Å². The van der Waals surface area contributed by atoms with E-state index in [-0.39, 0.29) is 0 Å². The second-order valence-electron chi connectivity index (χ2n) is 5.12. The van der Waals surface area contributed by atoms with Crippen molar-refractivity contribution < 1.29 is 0 Å². The fourth-order valence-corrected chi connectivity index (χ4v) is 2.31. The van der Waals surface area contributed by atoms with Gasteiger partial charge >= 0.3 is 0 Å². The molecule has 2 aromatic carbocycles. The van der Waals surface area contributed by atoms with Crippen LogP contribution >= 0.6 is 0 Å². The first-order valence-corrected chi connectivity index (χ1v) is 6.64. The predicted octanol–water partition coefficient (Wildman–Crippen LogP) is 3.09. The fourth-order valence-electron chi connectivity index (χ4n) is 2.31. The lowest BCUT2D eigenvalue weighted by Gasteiger charge is -2.17. The number of rotatable bonds is 3. The van der Waals surface area contributed by atoms with E-state index in [1.807, 2.05) is 25.2 Å². The summed E-state index contributed by atoms with van der Waals surface area (Å²) in [5.74, 6) is 0.855. The molecule has 0 aliphatic rings. The smallest absolute Gasteiger partial charge is 0.203 e. The van der Waals surface area contributed by atoms with Crippen LogP contribution < -0.4 is 10.6 Å². The maximum atomic E-state index is 5.79. The summed E-state index contributed by atoms with van der Waals surface area (Å²) in [4.78, 5) is 10.0. The maximum Gasteiger partial charge on any atom is 0.203 e. The highest BCUT2D eigenvalue weighted by atomic mass is 15.2. The van der Waals surface area contributed by atoms with Crippen LogP contribution in [0.5, 0.6) is 0 Å². The van der Waals surface area contributed by atoms with Crippen LogP contribution in [0.15, 0.2) is 42.5 Å². The van der Waals surface area contributed by atoms with Gasteiger partial charge in [0.15, 0.2) is 0 Å². The third kappa shape index (κ3) is 2.32. The summed E-state index contributed by atoms with van der Waals surface area (Å²) in [6.07, 6.45) is 0. The van der Waals surface area contributed by atoms with Crippen LogP contribution in [0.25, 0.3) is 11.0 Å². The number of aryl methyl sites for hydroxylation is 1. The Kier molecular flexibility index (Phi) is 3.06. The first-order valence-electron chi connectivity index (χ1n) is 6.64. The predicted molar refractivity (Wildman–Crippen MR) is 83.8 cm³/mol. The Hall–Kier alpha value is -2.49. The summed E-state index contributed by atoms with van der Waals surface area (Å²) in [6, 6.07) is 14.1. The van der Waals surface area contributed by atoms with Gasteiger partial charge in [-0.05, 0) is 36.2 Å². The molecule has 1 heterocycles. The Morgan fingerprint density at radius 2 is 2.00 bits per heavy atom. The molecule has 102 valence electrons. The number of hydrogen-bond donors (Lipinski definition) is 2. The molecule has 3 N–H and O–H groups in total. The van der Waals surface area contributed by atoms with Gasteiger partial charge in [-0.25, -0.2) is 4.98 Å². The molecule has 0 spiro atoms. The molecule has 0 aliphatic carbocycles. The minimum Gasteiger partial charge on any atom is -0.399 e. The van der Waals surface area contributed by atoms with Crippen LogP contribution in [0, 0.1) is 6.92 Å². The number of nitrogens with one attached hydrogen (secondary N) is 1. The third-order valence-corrected chi connectivity index (χ3v) is 3.52. The van der Waals surface area contributed by atoms with Gasteiger partial charge in [-0.1, -0.05) is 24.3 Å². The molecule has 4 heteroatoms. The zero-order valence-electron chi connectivity index (χ0n) is 11.7. The van der Waals surface area contributed by atoms with Crippen LogP contribution in [0.2, 0.25) is 0 Å². The van der Waals surface area contributed by atoms with E-state index in [9.17, 15) is 0 Å². The zero-order valence-corrected chi connectivity index (χ0v) is 11.7. The van der Waals surface area contributed by atoms with Crippen molar-refractivity contribution in [3.8, 4) is 0 Å². The summed E-state index contributed by atoms with van der Waals surface area (Å²) in [5.41, 5.74) is 11.0. The Morgan fingerprint density at radius 1 is 1.20 bits per heavy atom. The van der Waals surface area contributed by atoms with Gasteiger partial charge in [-0.3, -0.25) is 0 Å². The molecule has 3 aromatic rings. The van der Waals surface area contributed by atoms with Crippen molar-refractivity contribution >= 4 is 22.7 Å². The van der Waals surface area contributed by atoms with E-state index in [0.29, 0.717) is 0 Å². The summed E-state index contributed by atoms with van der Waals surface area (Å²) in [7, 11) is 2.04. The van der Waals surface area contributed by atoms with Crippen molar-refractivity contribution in [2.45, 2.75) is 13.5 Å². The number of benzene rings is 2. The topological polar surface area (TPSA) is 57.9 Å². The number of H-pyrrole nitrogens is 1. The number of fused-ring (bicyclic) bond motifs is 1. The molecule has 0 saturated heterocycles. The van der Waals surface area contributed by atoms with Gasteiger partial charge in [0, 0.05) is 19.3 Å². The van der Waals surface area contributed by atoms with E-state index >= 15 is 0 Å². The van der Waals surface area contributed by atoms with Gasteiger partial charge in [0.05, 0.1) is 11.0 Å². The van der Waals surface area contributed by atoms with Crippen molar-refractivity contribution in [3.05, 3.63) is 53.6 Å². The van der Waals surface area contributed by atoms with Crippen molar-refractivity contribution in [1.29, 1.82) is 0 Å². The fraction of sp³-hybridized carbons (Fsp3) is 0.188. The van der Waals surface area contributed by atoms with Gasteiger partial charge in [0.25, 0.3) is 0 Å². The highest BCUT2D eigenvalue weighted by Gasteiger charge is 2.09. The van der Waals surface area contributed by atoms with Gasteiger partial charge in [-0.15, -0.1) is 0 Å². The first-order chi connectivity index (χ1) is 9.63. The van der Waals surface area contributed by atoms with Crippen LogP contribution in [-0.2, 0) is 6.54 Å². The van der Waals surface area contributed by atoms with Crippen molar-refractivity contribution in [3.63, 3.8) is 0 Å². The lowest BCUT2D eigenvalue weighted by molar-refractivity contribution is 0.878. The zero-order chi connectivity index (χ0) is 14.1. The summed E-state index contributed by atoms with van der Waals surface area (Å²) in [6.45, 7) is 2.95. The normalized spacial score (nSPS) is 10.9. The molecule has 0 bridgehead atoms. The Balaban J connectivity index is 1.89. The molecule has 0 saturated carbocycles. The average Bonchev–Trinajstić information content (AvgIpc) is 2.84. The van der Waals surface area contributed by atoms with Gasteiger partial charge in [0.1, 0.15) is 0 Å². The lowest BCUT2D eigenvalue weighted by Crippen LogP contribution is -2.18. The largest absolute Gasteiger partial charge is 0.399 e. The third-order valence-electron chi connectivity index (χ3n) is 3.52. The molecular formula is C16H18N4. The quantitative estimate of drug-likeness (QED) is 0.716. The molecule has 0 aliphatic heterocycles. The van der Waals surface area contributed by atoms with E-state index in [1.165, 1.54) is 11.1 Å². The molecule has 0 amide bonds. The van der Waals surface area contributed by atoms with Crippen LogP contribution in [-0.4, -0.2) is 17.0 Å². The minimum absolute atomic E-state index is 0.745. The first kappa shape index (κ1) is 12.5. The average molecular weight is 266 g/mol. The molecule has 0 unspecified atom stereocenters. The van der Waals surface area contributed by atoms with Crippen LogP contribution in [0.1, 0.15) is 11.1 Å². The van der Waals surface area contributed by atoms with E-state index in [1.54, 1.807) is 0 Å². The molecule has 0 atom stereocenters. The van der Waals surface area contributed by atoms with E-state index in [2.05, 4.69) is 46.1 Å². The summed E-state index contributed by atoms with van der Waals surface area (Å²) in [5, 5.41) is 0. The number of imidazole rings is 1. The Morgan fingerprint density at radius 3 is 2.80 bits per heavy atom. The molecule has 1 aromatic heterocycles. The van der Waals surface area contributed by atoms with Gasteiger partial charge < -0.3 is 15.6 Å². The van der Waals surface area contributed by atoms with E-state index < -0.39 is 0 Å². The van der Waals surface area contributed by atoms with Crippen LogP contribution in [0.3, 0.4) is 0 Å². The molecule has 0 fully saturated rings. The number of hydrogen-bond acceptors (Lipinski definition) is 3. The molecular weight excluding hydrogens is 248 g/mol. The maximum absolute atomic E-state index is 5.79. The number of nitrogen functional groups attached to an aromatic ring is 1. The highest BCUT2D eigenvalue weighted by molar-refractivity contribution is 5.80. The van der Waals surface area contributed by atoms with Crippen molar-refractivity contribution in [2.24, 2.45) is 0 Å². The van der Waals surface area contributed by atoms with E-state index in [0.717, 1.165) is 29.2 Å². The lowest BCUT2D eigenvalue weighted by atomic mass is 10.1. The number of aromatic amines is 1. The number of aromatic nitrogens is 2. The summed E-state index contributed by atoms with van der Waals surface area (Å²) >= 11 is 0. The van der Waals surface area contributed by atoms with Gasteiger partial charge in [0.2, 0.25) is 5.95 Å². The summed E-state index contributed by atoms with van der Waals surface area (Å²) < 4.78 is 0. The highest BCUT2D eigenvalue weighted by Crippen LogP contribution is 2.20. The monoisotopic (exact) mass is 266 g/mol. The van der Waals surface area contributed by atoms with Gasteiger partial charge in [-0.2, -0.15) is 0 Å². The minimum atomic E-state index is 0.745. The molecule has 0 radical (unpaired) electrons. The number of nitrogens with zero attached hydrogens (tertiary/aromatic N) is 2.